The maximum atomic E-state index is 8.31. The van der Waals surface area contributed by atoms with Gasteiger partial charge in [-0.25, -0.2) is 0 Å². The van der Waals surface area contributed by atoms with Crippen molar-refractivity contribution in [1.82, 2.24) is 0 Å². The lowest BCUT2D eigenvalue weighted by atomic mass is 10.4. The lowest BCUT2D eigenvalue weighted by molar-refractivity contribution is 0.291. The number of hydrogen-bond acceptors (Lipinski definition) is 2. The second kappa shape index (κ2) is 4.78. The maximum Gasteiger partial charge on any atom is 0.0448 e. The highest BCUT2D eigenvalue weighted by atomic mass is 16.2. The zero-order chi connectivity index (χ0) is 6.41. The van der Waals surface area contributed by atoms with Crippen LogP contribution >= 0.6 is 0 Å². The molecule has 2 nitrogen and oxygen atoms in total. The van der Waals surface area contributed by atoms with Crippen LogP contribution < -0.4 is 0 Å². The van der Waals surface area contributed by atoms with E-state index in [1.165, 1.54) is 0 Å². The summed E-state index contributed by atoms with van der Waals surface area (Å²) >= 11 is 0. The Morgan fingerprint density at radius 3 is 2.50 bits per heavy atom. The zero-order valence-electron chi connectivity index (χ0n) is 5.52. The van der Waals surface area contributed by atoms with Crippen LogP contribution in [0.5, 0.6) is 0 Å². The Morgan fingerprint density at radius 2 is 2.12 bits per heavy atom. The molecule has 0 aliphatic rings. The average molecular weight is 115 g/mol. The molecule has 0 heterocycles. The van der Waals surface area contributed by atoms with Gasteiger partial charge in [-0.15, -0.1) is 0 Å². The Hall–Kier alpha value is -0.370. The Labute approximate surface area is 50.3 Å². The van der Waals surface area contributed by atoms with Crippen molar-refractivity contribution in [3.05, 3.63) is 0 Å². The normalized spacial score (nSPS) is 8.88. The first kappa shape index (κ1) is 7.63. The van der Waals surface area contributed by atoms with Crippen molar-refractivity contribution in [3.63, 3.8) is 0 Å². The molecule has 0 bridgehead atoms. The molecule has 0 rings (SSSR count). The summed E-state index contributed by atoms with van der Waals surface area (Å²) in [5.41, 5.74) is 1.08. The van der Waals surface area contributed by atoms with Gasteiger partial charge in [-0.2, -0.15) is 0 Å². The summed E-state index contributed by atoms with van der Waals surface area (Å²) < 4.78 is 0. The van der Waals surface area contributed by atoms with Crippen LogP contribution in [0.25, 0.3) is 0 Å². The van der Waals surface area contributed by atoms with Gasteiger partial charge in [0.1, 0.15) is 0 Å². The van der Waals surface area contributed by atoms with E-state index < -0.39 is 0 Å². The van der Waals surface area contributed by atoms with E-state index in [1.807, 2.05) is 13.8 Å². The second-order valence-corrected chi connectivity index (χ2v) is 1.91. The van der Waals surface area contributed by atoms with Crippen LogP contribution in [0, 0.1) is 0 Å². The van der Waals surface area contributed by atoms with Gasteiger partial charge in [0.15, 0.2) is 0 Å². The van der Waals surface area contributed by atoms with Crippen LogP contribution in [0.15, 0.2) is 4.99 Å². The highest BCUT2D eigenvalue weighted by Crippen LogP contribution is 1.79. The summed E-state index contributed by atoms with van der Waals surface area (Å²) in [4.78, 5) is 4.07. The molecule has 0 aromatic rings. The molecule has 1 N–H and O–H groups in total. The quantitative estimate of drug-likeness (QED) is 0.429. The largest absolute Gasteiger partial charge is 0.396 e. The number of nitrogens with zero attached hydrogens (tertiary/aromatic N) is 1. The molecular formula is C6H13NO. The van der Waals surface area contributed by atoms with Gasteiger partial charge in [0.25, 0.3) is 0 Å². The average Bonchev–Trinajstić information content (AvgIpc) is 1.66. The maximum absolute atomic E-state index is 8.31. The predicted octanol–water partition coefficient (Wildman–Crippen LogP) is 0.850. The fourth-order valence-corrected chi connectivity index (χ4v) is 0.373. The van der Waals surface area contributed by atoms with Gasteiger partial charge in [0.2, 0.25) is 0 Å². The molecule has 0 saturated heterocycles. The smallest absolute Gasteiger partial charge is 0.0448 e. The highest BCUT2D eigenvalue weighted by molar-refractivity contribution is 5.78. The molecule has 0 aromatic heterocycles. The highest BCUT2D eigenvalue weighted by Gasteiger charge is 1.79. The van der Waals surface area contributed by atoms with Crippen molar-refractivity contribution in [3.8, 4) is 0 Å². The molecule has 0 radical (unpaired) electrons. The van der Waals surface area contributed by atoms with E-state index in [0.717, 1.165) is 18.7 Å². The minimum atomic E-state index is 0.247. The van der Waals surface area contributed by atoms with Crippen LogP contribution in [-0.4, -0.2) is 24.0 Å². The molecule has 0 saturated carbocycles. The Balaban J connectivity index is 3.03. The molecule has 0 aliphatic carbocycles. The molecule has 0 amide bonds. The second-order valence-electron chi connectivity index (χ2n) is 1.91. The minimum absolute atomic E-state index is 0.247. The topological polar surface area (TPSA) is 32.6 Å². The molecule has 0 fully saturated rings. The number of aliphatic hydroxyl groups is 1. The van der Waals surface area contributed by atoms with E-state index in [-0.39, 0.29) is 6.61 Å². The first-order valence-electron chi connectivity index (χ1n) is 2.86. The van der Waals surface area contributed by atoms with E-state index >= 15 is 0 Å². The van der Waals surface area contributed by atoms with Crippen molar-refractivity contribution < 1.29 is 5.11 Å². The van der Waals surface area contributed by atoms with E-state index in [1.54, 1.807) is 0 Å². The van der Waals surface area contributed by atoms with Gasteiger partial charge in [-0.3, -0.25) is 4.99 Å². The SMILES string of the molecule is CC(C)=NCCCO. The zero-order valence-corrected chi connectivity index (χ0v) is 5.52. The van der Waals surface area contributed by atoms with Crippen LogP contribution in [-0.2, 0) is 0 Å². The van der Waals surface area contributed by atoms with Crippen molar-refractivity contribution in [2.75, 3.05) is 13.2 Å². The monoisotopic (exact) mass is 115 g/mol. The molecule has 0 unspecified atom stereocenters. The van der Waals surface area contributed by atoms with E-state index in [0.29, 0.717) is 0 Å². The molecule has 0 atom stereocenters. The van der Waals surface area contributed by atoms with Crippen LogP contribution in [0.4, 0.5) is 0 Å². The summed E-state index contributed by atoms with van der Waals surface area (Å²) in [5, 5.41) is 8.31. The fraction of sp³-hybridized carbons (Fsp3) is 0.833. The van der Waals surface area contributed by atoms with Gasteiger partial charge in [-0.05, 0) is 20.3 Å². The van der Waals surface area contributed by atoms with E-state index in [2.05, 4.69) is 4.99 Å². The molecular weight excluding hydrogens is 102 g/mol. The van der Waals surface area contributed by atoms with Gasteiger partial charge in [-0.1, -0.05) is 0 Å². The van der Waals surface area contributed by atoms with Crippen LogP contribution in [0.2, 0.25) is 0 Å². The summed E-state index contributed by atoms with van der Waals surface area (Å²) in [5.74, 6) is 0. The lowest BCUT2D eigenvalue weighted by Crippen LogP contribution is -1.89. The first-order chi connectivity index (χ1) is 3.77. The third-order valence-electron chi connectivity index (χ3n) is 0.744. The molecule has 0 aliphatic heterocycles. The van der Waals surface area contributed by atoms with Crippen molar-refractivity contribution in [2.24, 2.45) is 4.99 Å². The van der Waals surface area contributed by atoms with E-state index in [9.17, 15) is 0 Å². The number of aliphatic imine (C=N–C) groups is 1. The number of hydrogen-bond donors (Lipinski definition) is 1. The molecule has 0 spiro atoms. The van der Waals surface area contributed by atoms with Gasteiger partial charge < -0.3 is 5.11 Å². The van der Waals surface area contributed by atoms with Crippen molar-refractivity contribution >= 4 is 5.71 Å². The van der Waals surface area contributed by atoms with Crippen LogP contribution in [0.3, 0.4) is 0 Å². The summed E-state index contributed by atoms with van der Waals surface area (Å²) in [6.45, 7) is 4.92. The molecule has 0 aromatic carbocycles. The Morgan fingerprint density at radius 1 is 1.50 bits per heavy atom. The van der Waals surface area contributed by atoms with E-state index in [4.69, 9.17) is 5.11 Å². The van der Waals surface area contributed by atoms with Gasteiger partial charge in [0.05, 0.1) is 0 Å². The molecule has 8 heavy (non-hydrogen) atoms. The summed E-state index contributed by atoms with van der Waals surface area (Å²) in [7, 11) is 0. The van der Waals surface area contributed by atoms with Gasteiger partial charge >= 0.3 is 0 Å². The first-order valence-corrected chi connectivity index (χ1v) is 2.86. The number of aliphatic hydroxyl groups excluding tert-OH is 1. The standard InChI is InChI=1S/C6H13NO/c1-6(2)7-4-3-5-8/h8H,3-5H2,1-2H3. The fourth-order valence-electron chi connectivity index (χ4n) is 0.373. The Bertz CT molecular complexity index is 74.6. The summed E-state index contributed by atoms with van der Waals surface area (Å²) in [6.07, 6.45) is 0.783. The van der Waals surface area contributed by atoms with Crippen molar-refractivity contribution in [2.45, 2.75) is 20.3 Å². The van der Waals surface area contributed by atoms with Crippen molar-refractivity contribution in [1.29, 1.82) is 0 Å². The van der Waals surface area contributed by atoms with Gasteiger partial charge in [0, 0.05) is 18.9 Å². The number of rotatable bonds is 3. The Kier molecular flexibility index (Phi) is 4.56. The summed E-state index contributed by atoms with van der Waals surface area (Å²) in [6, 6.07) is 0. The molecule has 2 heteroatoms. The predicted molar refractivity (Wildman–Crippen MR) is 35.4 cm³/mol. The van der Waals surface area contributed by atoms with Crippen LogP contribution in [0.1, 0.15) is 20.3 Å². The molecule has 48 valence electrons. The third kappa shape index (κ3) is 5.63. The minimum Gasteiger partial charge on any atom is -0.396 e. The lowest BCUT2D eigenvalue weighted by Gasteiger charge is -1.89. The third-order valence-corrected chi connectivity index (χ3v) is 0.744.